The standard InChI is InChI=1S/C22H22FN3O/c1-24-14-15-26(16-21(24)17-4-8-19(23)9-5-17)22(27)18-6-10-20(11-7-18)25-12-2-3-13-25/h2-13,21H,14-16H2,1H3. The zero-order valence-corrected chi connectivity index (χ0v) is 15.3. The summed E-state index contributed by atoms with van der Waals surface area (Å²) in [5.74, 6) is -0.206. The van der Waals surface area contributed by atoms with Crippen LogP contribution in [-0.2, 0) is 0 Å². The summed E-state index contributed by atoms with van der Waals surface area (Å²) in [6.45, 7) is 2.07. The highest BCUT2D eigenvalue weighted by atomic mass is 19.1. The number of rotatable bonds is 3. The maximum absolute atomic E-state index is 13.2. The SMILES string of the molecule is CN1CCN(C(=O)c2ccc(-n3cccc3)cc2)CC1c1ccc(F)cc1. The third kappa shape index (κ3) is 3.64. The number of carbonyl (C=O) groups is 1. The molecule has 1 unspecified atom stereocenters. The van der Waals surface area contributed by atoms with Crippen LogP contribution in [0, 0.1) is 5.82 Å². The van der Waals surface area contributed by atoms with Gasteiger partial charge in [-0.3, -0.25) is 9.69 Å². The number of hydrogen-bond acceptors (Lipinski definition) is 2. The Morgan fingerprint density at radius 2 is 1.63 bits per heavy atom. The Labute approximate surface area is 158 Å². The third-order valence-corrected chi connectivity index (χ3v) is 5.21. The van der Waals surface area contributed by atoms with E-state index in [1.807, 2.05) is 65.3 Å². The molecule has 1 aliphatic heterocycles. The van der Waals surface area contributed by atoms with Gasteiger partial charge >= 0.3 is 0 Å². The molecular weight excluding hydrogens is 341 g/mol. The van der Waals surface area contributed by atoms with E-state index < -0.39 is 0 Å². The number of hydrogen-bond donors (Lipinski definition) is 0. The molecule has 0 N–H and O–H groups in total. The summed E-state index contributed by atoms with van der Waals surface area (Å²) in [5, 5.41) is 0. The average molecular weight is 363 g/mol. The Balaban J connectivity index is 1.50. The molecule has 5 heteroatoms. The van der Waals surface area contributed by atoms with E-state index in [0.29, 0.717) is 18.7 Å². The number of carbonyl (C=O) groups excluding carboxylic acids is 1. The molecule has 27 heavy (non-hydrogen) atoms. The van der Waals surface area contributed by atoms with E-state index in [9.17, 15) is 9.18 Å². The van der Waals surface area contributed by atoms with Crippen LogP contribution >= 0.6 is 0 Å². The van der Waals surface area contributed by atoms with E-state index in [-0.39, 0.29) is 17.8 Å². The monoisotopic (exact) mass is 363 g/mol. The molecule has 0 saturated carbocycles. The number of halogens is 1. The summed E-state index contributed by atoms with van der Waals surface area (Å²) in [6, 6.07) is 18.2. The average Bonchev–Trinajstić information content (AvgIpc) is 3.24. The van der Waals surface area contributed by atoms with Crippen LogP contribution in [0.15, 0.2) is 73.1 Å². The van der Waals surface area contributed by atoms with Gasteiger partial charge in [-0.05, 0) is 61.1 Å². The first-order valence-corrected chi connectivity index (χ1v) is 9.10. The smallest absolute Gasteiger partial charge is 0.253 e. The van der Waals surface area contributed by atoms with Crippen molar-refractivity contribution < 1.29 is 9.18 Å². The van der Waals surface area contributed by atoms with Gasteiger partial charge in [0, 0.05) is 43.3 Å². The molecule has 138 valence electrons. The number of nitrogens with zero attached hydrogens (tertiary/aromatic N) is 3. The van der Waals surface area contributed by atoms with Crippen molar-refractivity contribution in [3.05, 3.63) is 90.0 Å². The van der Waals surface area contributed by atoms with Gasteiger partial charge in [0.25, 0.3) is 5.91 Å². The van der Waals surface area contributed by atoms with Crippen LogP contribution in [0.3, 0.4) is 0 Å². The van der Waals surface area contributed by atoms with Gasteiger partial charge in [-0.15, -0.1) is 0 Å². The van der Waals surface area contributed by atoms with Crippen LogP contribution in [-0.4, -0.2) is 47.0 Å². The maximum atomic E-state index is 13.2. The first-order valence-electron chi connectivity index (χ1n) is 9.10. The first-order chi connectivity index (χ1) is 13.1. The van der Waals surface area contributed by atoms with Crippen LogP contribution in [0.25, 0.3) is 5.69 Å². The molecule has 0 aliphatic carbocycles. The molecule has 2 aromatic carbocycles. The van der Waals surface area contributed by atoms with Crippen molar-refractivity contribution in [3.8, 4) is 5.69 Å². The highest BCUT2D eigenvalue weighted by Crippen LogP contribution is 2.25. The molecule has 1 saturated heterocycles. The lowest BCUT2D eigenvalue weighted by Crippen LogP contribution is -2.49. The summed E-state index contributed by atoms with van der Waals surface area (Å²) in [5.41, 5.74) is 2.74. The normalized spacial score (nSPS) is 17.9. The fourth-order valence-electron chi connectivity index (χ4n) is 3.57. The molecule has 1 fully saturated rings. The lowest BCUT2D eigenvalue weighted by Gasteiger charge is -2.39. The predicted octanol–water partition coefficient (Wildman–Crippen LogP) is 3.75. The molecular formula is C22H22FN3O. The van der Waals surface area contributed by atoms with Gasteiger partial charge in [-0.2, -0.15) is 0 Å². The molecule has 3 aromatic rings. The van der Waals surface area contributed by atoms with E-state index in [1.54, 1.807) is 12.1 Å². The lowest BCUT2D eigenvalue weighted by molar-refractivity contribution is 0.0546. The topological polar surface area (TPSA) is 28.5 Å². The highest BCUT2D eigenvalue weighted by molar-refractivity contribution is 5.94. The molecule has 0 bridgehead atoms. The minimum Gasteiger partial charge on any atom is -0.335 e. The molecule has 4 rings (SSSR count). The Morgan fingerprint density at radius 1 is 0.963 bits per heavy atom. The van der Waals surface area contributed by atoms with Gasteiger partial charge < -0.3 is 9.47 Å². The Bertz CT molecular complexity index is 904. The fourth-order valence-corrected chi connectivity index (χ4v) is 3.57. The van der Waals surface area contributed by atoms with E-state index >= 15 is 0 Å². The fraction of sp³-hybridized carbons (Fsp3) is 0.227. The second-order valence-corrected chi connectivity index (χ2v) is 6.94. The van der Waals surface area contributed by atoms with Crippen molar-refractivity contribution in [1.29, 1.82) is 0 Å². The van der Waals surface area contributed by atoms with Crippen LogP contribution in [0.5, 0.6) is 0 Å². The first kappa shape index (κ1) is 17.5. The minimum absolute atomic E-state index is 0.0364. The summed E-state index contributed by atoms with van der Waals surface area (Å²) < 4.78 is 15.2. The van der Waals surface area contributed by atoms with Gasteiger partial charge in [0.2, 0.25) is 0 Å². The zero-order valence-electron chi connectivity index (χ0n) is 15.3. The van der Waals surface area contributed by atoms with Crippen molar-refractivity contribution in [2.75, 3.05) is 26.7 Å². The molecule has 0 radical (unpaired) electrons. The molecule has 1 aliphatic rings. The third-order valence-electron chi connectivity index (χ3n) is 5.21. The van der Waals surface area contributed by atoms with Crippen LogP contribution in [0.4, 0.5) is 4.39 Å². The number of piperazine rings is 1. The van der Waals surface area contributed by atoms with E-state index in [4.69, 9.17) is 0 Å². The van der Waals surface area contributed by atoms with Crippen molar-refractivity contribution in [2.24, 2.45) is 0 Å². The summed E-state index contributed by atoms with van der Waals surface area (Å²) >= 11 is 0. The van der Waals surface area contributed by atoms with Crippen LogP contribution in [0.2, 0.25) is 0 Å². The summed E-state index contributed by atoms with van der Waals surface area (Å²) in [7, 11) is 2.04. The van der Waals surface area contributed by atoms with E-state index in [0.717, 1.165) is 17.8 Å². The molecule has 1 amide bonds. The second kappa shape index (κ2) is 7.37. The Kier molecular flexibility index (Phi) is 4.77. The van der Waals surface area contributed by atoms with Crippen molar-refractivity contribution in [1.82, 2.24) is 14.4 Å². The number of amides is 1. The van der Waals surface area contributed by atoms with Gasteiger partial charge in [-0.1, -0.05) is 12.1 Å². The van der Waals surface area contributed by atoms with Crippen molar-refractivity contribution in [3.63, 3.8) is 0 Å². The maximum Gasteiger partial charge on any atom is 0.253 e. The van der Waals surface area contributed by atoms with Gasteiger partial charge in [0.1, 0.15) is 5.82 Å². The number of aromatic nitrogens is 1. The Hall–Kier alpha value is -2.92. The summed E-state index contributed by atoms with van der Waals surface area (Å²) in [4.78, 5) is 17.1. The van der Waals surface area contributed by atoms with Gasteiger partial charge in [-0.25, -0.2) is 4.39 Å². The minimum atomic E-state index is -0.243. The van der Waals surface area contributed by atoms with E-state index in [1.165, 1.54) is 12.1 Å². The largest absolute Gasteiger partial charge is 0.335 e. The molecule has 4 nitrogen and oxygen atoms in total. The van der Waals surface area contributed by atoms with Crippen LogP contribution in [0.1, 0.15) is 22.0 Å². The van der Waals surface area contributed by atoms with Gasteiger partial charge in [0.15, 0.2) is 0 Å². The number of likely N-dealkylation sites (N-methyl/N-ethyl adjacent to an activating group) is 1. The van der Waals surface area contributed by atoms with Crippen LogP contribution < -0.4 is 0 Å². The second-order valence-electron chi connectivity index (χ2n) is 6.94. The zero-order chi connectivity index (χ0) is 18.8. The number of benzene rings is 2. The van der Waals surface area contributed by atoms with Gasteiger partial charge in [0.05, 0.1) is 6.04 Å². The Morgan fingerprint density at radius 3 is 2.30 bits per heavy atom. The summed E-state index contributed by atoms with van der Waals surface area (Å²) in [6.07, 6.45) is 3.95. The van der Waals surface area contributed by atoms with E-state index in [2.05, 4.69) is 4.90 Å². The molecule has 2 heterocycles. The highest BCUT2D eigenvalue weighted by Gasteiger charge is 2.29. The quantitative estimate of drug-likeness (QED) is 0.709. The van der Waals surface area contributed by atoms with Crippen molar-refractivity contribution in [2.45, 2.75) is 6.04 Å². The molecule has 1 atom stereocenters. The predicted molar refractivity (Wildman–Crippen MR) is 103 cm³/mol. The molecule has 0 spiro atoms. The van der Waals surface area contributed by atoms with Crippen molar-refractivity contribution >= 4 is 5.91 Å². The molecule has 1 aromatic heterocycles. The lowest BCUT2D eigenvalue weighted by atomic mass is 10.0.